The lowest BCUT2D eigenvalue weighted by Crippen LogP contribution is -2.03. The molecule has 4 aromatic rings. The van der Waals surface area contributed by atoms with Crippen LogP contribution in [-0.2, 0) is 4.74 Å². The van der Waals surface area contributed by atoms with Crippen LogP contribution < -0.4 is 0 Å². The van der Waals surface area contributed by atoms with Crippen molar-refractivity contribution in [2.24, 2.45) is 0 Å². The van der Waals surface area contributed by atoms with Gasteiger partial charge in [0.1, 0.15) is 11.9 Å². The summed E-state index contributed by atoms with van der Waals surface area (Å²) in [5, 5.41) is 0. The SMILES string of the molecule is COC(c1ccccc1)c1ccc(-c2nc3ccccc3[nH]2)cc1. The fourth-order valence-electron chi connectivity index (χ4n) is 3.00. The van der Waals surface area contributed by atoms with Crippen LogP contribution in [0.2, 0.25) is 0 Å². The minimum atomic E-state index is -0.0593. The Morgan fingerprint density at radius 2 is 1.46 bits per heavy atom. The number of para-hydroxylation sites is 2. The number of H-pyrrole nitrogens is 1. The van der Waals surface area contributed by atoms with Crippen LogP contribution in [0.4, 0.5) is 0 Å². The summed E-state index contributed by atoms with van der Waals surface area (Å²) in [5.74, 6) is 0.886. The summed E-state index contributed by atoms with van der Waals surface area (Å²) in [5.41, 5.74) is 5.38. The van der Waals surface area contributed by atoms with Crippen LogP contribution in [-0.4, -0.2) is 17.1 Å². The smallest absolute Gasteiger partial charge is 0.138 e. The molecule has 1 N–H and O–H groups in total. The Balaban J connectivity index is 1.66. The minimum absolute atomic E-state index is 0.0593. The highest BCUT2D eigenvalue weighted by atomic mass is 16.5. The van der Waals surface area contributed by atoms with Gasteiger partial charge in [-0.2, -0.15) is 0 Å². The Labute approximate surface area is 140 Å². The first-order valence-electron chi connectivity index (χ1n) is 7.98. The molecule has 24 heavy (non-hydrogen) atoms. The van der Waals surface area contributed by atoms with Gasteiger partial charge in [-0.25, -0.2) is 4.98 Å². The zero-order chi connectivity index (χ0) is 16.4. The van der Waals surface area contributed by atoms with Crippen LogP contribution in [0.3, 0.4) is 0 Å². The molecule has 0 amide bonds. The monoisotopic (exact) mass is 314 g/mol. The topological polar surface area (TPSA) is 37.9 Å². The molecule has 0 radical (unpaired) electrons. The number of hydrogen-bond acceptors (Lipinski definition) is 2. The molecule has 1 atom stereocenters. The van der Waals surface area contributed by atoms with E-state index in [4.69, 9.17) is 4.74 Å². The second-order valence-corrected chi connectivity index (χ2v) is 5.75. The highest BCUT2D eigenvalue weighted by Gasteiger charge is 2.13. The van der Waals surface area contributed by atoms with E-state index in [1.807, 2.05) is 42.5 Å². The molecule has 0 saturated heterocycles. The average molecular weight is 314 g/mol. The lowest BCUT2D eigenvalue weighted by atomic mass is 10.00. The number of methoxy groups -OCH3 is 1. The minimum Gasteiger partial charge on any atom is -0.372 e. The predicted octanol–water partition coefficient (Wildman–Crippen LogP) is 4.97. The summed E-state index contributed by atoms with van der Waals surface area (Å²) >= 11 is 0. The van der Waals surface area contributed by atoms with Gasteiger partial charge in [-0.3, -0.25) is 0 Å². The summed E-state index contributed by atoms with van der Waals surface area (Å²) < 4.78 is 5.69. The van der Waals surface area contributed by atoms with E-state index in [9.17, 15) is 0 Å². The van der Waals surface area contributed by atoms with Gasteiger partial charge in [-0.15, -0.1) is 0 Å². The number of imidazole rings is 1. The molecule has 0 saturated carbocycles. The maximum atomic E-state index is 5.69. The Kier molecular flexibility index (Phi) is 3.85. The molecular weight excluding hydrogens is 296 g/mol. The molecule has 4 rings (SSSR count). The van der Waals surface area contributed by atoms with E-state index in [1.165, 1.54) is 0 Å². The molecule has 0 aliphatic rings. The first-order chi connectivity index (χ1) is 11.8. The molecule has 118 valence electrons. The third-order valence-electron chi connectivity index (χ3n) is 4.21. The van der Waals surface area contributed by atoms with Gasteiger partial charge < -0.3 is 9.72 Å². The molecule has 3 nitrogen and oxygen atoms in total. The van der Waals surface area contributed by atoms with E-state index >= 15 is 0 Å². The quantitative estimate of drug-likeness (QED) is 0.578. The summed E-state index contributed by atoms with van der Waals surface area (Å²) in [6.45, 7) is 0. The van der Waals surface area contributed by atoms with Gasteiger partial charge in [-0.1, -0.05) is 66.7 Å². The van der Waals surface area contributed by atoms with E-state index in [0.717, 1.165) is 33.5 Å². The van der Waals surface area contributed by atoms with Crippen LogP contribution in [0, 0.1) is 0 Å². The molecule has 1 unspecified atom stereocenters. The van der Waals surface area contributed by atoms with Crippen molar-refractivity contribution >= 4 is 11.0 Å². The average Bonchev–Trinajstić information content (AvgIpc) is 3.08. The van der Waals surface area contributed by atoms with Gasteiger partial charge in [0.2, 0.25) is 0 Å². The summed E-state index contributed by atoms with van der Waals surface area (Å²) in [6, 6.07) is 26.7. The van der Waals surface area contributed by atoms with Crippen LogP contribution in [0.1, 0.15) is 17.2 Å². The van der Waals surface area contributed by atoms with Crippen LogP contribution >= 0.6 is 0 Å². The van der Waals surface area contributed by atoms with Crippen molar-refractivity contribution < 1.29 is 4.74 Å². The van der Waals surface area contributed by atoms with Gasteiger partial charge in [0.05, 0.1) is 11.0 Å². The zero-order valence-electron chi connectivity index (χ0n) is 13.4. The van der Waals surface area contributed by atoms with Crippen molar-refractivity contribution in [2.45, 2.75) is 6.10 Å². The Morgan fingerprint density at radius 1 is 0.792 bits per heavy atom. The maximum Gasteiger partial charge on any atom is 0.138 e. The summed E-state index contributed by atoms with van der Waals surface area (Å²) in [4.78, 5) is 8.01. The fourth-order valence-corrected chi connectivity index (χ4v) is 3.00. The summed E-state index contributed by atoms with van der Waals surface area (Å²) in [7, 11) is 1.74. The van der Waals surface area contributed by atoms with Gasteiger partial charge in [0.15, 0.2) is 0 Å². The first-order valence-corrected chi connectivity index (χ1v) is 7.98. The summed E-state index contributed by atoms with van der Waals surface area (Å²) in [6.07, 6.45) is -0.0593. The van der Waals surface area contributed by atoms with Crippen LogP contribution in [0.5, 0.6) is 0 Å². The fraction of sp³-hybridized carbons (Fsp3) is 0.0952. The number of nitrogens with one attached hydrogen (secondary N) is 1. The molecule has 0 aliphatic carbocycles. The van der Waals surface area contributed by atoms with E-state index in [-0.39, 0.29) is 6.10 Å². The number of fused-ring (bicyclic) bond motifs is 1. The largest absolute Gasteiger partial charge is 0.372 e. The van der Waals surface area contributed by atoms with Crippen molar-refractivity contribution in [3.8, 4) is 11.4 Å². The predicted molar refractivity (Wildman–Crippen MR) is 96.8 cm³/mol. The van der Waals surface area contributed by atoms with Gasteiger partial charge >= 0.3 is 0 Å². The molecular formula is C21H18N2O. The Bertz CT molecular complexity index is 909. The highest BCUT2D eigenvalue weighted by molar-refractivity contribution is 5.79. The number of hydrogen-bond donors (Lipinski definition) is 1. The van der Waals surface area contributed by atoms with Crippen molar-refractivity contribution in [2.75, 3.05) is 7.11 Å². The molecule has 0 fully saturated rings. The number of aromatic nitrogens is 2. The normalized spacial score (nSPS) is 12.4. The second-order valence-electron chi connectivity index (χ2n) is 5.75. The zero-order valence-corrected chi connectivity index (χ0v) is 13.4. The van der Waals surface area contributed by atoms with E-state index in [0.29, 0.717) is 0 Å². The Morgan fingerprint density at radius 3 is 2.17 bits per heavy atom. The highest BCUT2D eigenvalue weighted by Crippen LogP contribution is 2.27. The number of rotatable bonds is 4. The Hall–Kier alpha value is -2.91. The molecule has 1 aromatic heterocycles. The number of benzene rings is 3. The molecule has 3 heteroatoms. The van der Waals surface area contributed by atoms with Gasteiger partial charge in [0, 0.05) is 12.7 Å². The molecule has 0 spiro atoms. The first kappa shape index (κ1) is 14.7. The molecule has 0 aliphatic heterocycles. The third kappa shape index (κ3) is 2.70. The third-order valence-corrected chi connectivity index (χ3v) is 4.21. The van der Waals surface area contributed by atoms with Crippen molar-refractivity contribution in [1.29, 1.82) is 0 Å². The van der Waals surface area contributed by atoms with Crippen molar-refractivity contribution in [3.63, 3.8) is 0 Å². The van der Waals surface area contributed by atoms with Crippen molar-refractivity contribution in [1.82, 2.24) is 9.97 Å². The lowest BCUT2D eigenvalue weighted by Gasteiger charge is -2.16. The van der Waals surface area contributed by atoms with Gasteiger partial charge in [-0.05, 0) is 23.3 Å². The molecule has 1 heterocycles. The molecule has 0 bridgehead atoms. The van der Waals surface area contributed by atoms with E-state index in [2.05, 4.69) is 46.4 Å². The number of aromatic amines is 1. The van der Waals surface area contributed by atoms with E-state index in [1.54, 1.807) is 7.11 Å². The molecule has 3 aromatic carbocycles. The van der Waals surface area contributed by atoms with E-state index < -0.39 is 0 Å². The number of nitrogens with zero attached hydrogens (tertiary/aromatic N) is 1. The number of ether oxygens (including phenoxy) is 1. The standard InChI is InChI=1S/C21H18N2O/c1-24-20(15-7-3-2-4-8-15)16-11-13-17(14-12-16)21-22-18-9-5-6-10-19(18)23-21/h2-14,20H,1H3,(H,22,23). The maximum absolute atomic E-state index is 5.69. The van der Waals surface area contributed by atoms with Gasteiger partial charge in [0.25, 0.3) is 0 Å². The van der Waals surface area contributed by atoms with Crippen LogP contribution in [0.15, 0.2) is 78.9 Å². The van der Waals surface area contributed by atoms with Crippen LogP contribution in [0.25, 0.3) is 22.4 Å². The second kappa shape index (κ2) is 6.30. The van der Waals surface area contributed by atoms with Crippen molar-refractivity contribution in [3.05, 3.63) is 90.0 Å². The lowest BCUT2D eigenvalue weighted by molar-refractivity contribution is 0.136.